The molecule has 2 heterocycles. The van der Waals surface area contributed by atoms with Crippen molar-refractivity contribution in [1.29, 1.82) is 0 Å². The summed E-state index contributed by atoms with van der Waals surface area (Å²) in [5.41, 5.74) is 1.81. The Labute approximate surface area is 174 Å². The van der Waals surface area contributed by atoms with Crippen molar-refractivity contribution >= 4 is 17.4 Å². The van der Waals surface area contributed by atoms with E-state index in [-0.39, 0.29) is 17.5 Å². The fourth-order valence-electron chi connectivity index (χ4n) is 3.69. The molecule has 2 aromatic carbocycles. The molecule has 1 aromatic heterocycles. The first-order chi connectivity index (χ1) is 14.7. The molecule has 0 saturated carbocycles. The molecule has 0 bridgehead atoms. The average Bonchev–Trinajstić information content (AvgIpc) is 2.80. The van der Waals surface area contributed by atoms with Crippen LogP contribution in [0.25, 0.3) is 11.3 Å². The first kappa shape index (κ1) is 19.8. The molecule has 6 nitrogen and oxygen atoms in total. The van der Waals surface area contributed by atoms with Gasteiger partial charge in [0.1, 0.15) is 11.6 Å². The van der Waals surface area contributed by atoms with Crippen molar-refractivity contribution in [2.24, 2.45) is 5.92 Å². The monoisotopic (exact) mass is 406 g/mol. The number of anilines is 2. The summed E-state index contributed by atoms with van der Waals surface area (Å²) in [7, 11) is 1.63. The number of piperidine rings is 1. The van der Waals surface area contributed by atoms with E-state index < -0.39 is 5.82 Å². The van der Waals surface area contributed by atoms with Gasteiger partial charge >= 0.3 is 0 Å². The molecular formula is C23H23FN4O2. The lowest BCUT2D eigenvalue weighted by molar-refractivity contribution is -0.120. The number of ether oxygens (including phenoxy) is 1. The van der Waals surface area contributed by atoms with Crippen LogP contribution in [0.4, 0.5) is 15.9 Å². The Balaban J connectivity index is 1.45. The zero-order chi connectivity index (χ0) is 20.9. The summed E-state index contributed by atoms with van der Waals surface area (Å²) in [6.07, 6.45) is 1.61. The summed E-state index contributed by atoms with van der Waals surface area (Å²) in [4.78, 5) is 14.7. The predicted molar refractivity (Wildman–Crippen MR) is 114 cm³/mol. The highest BCUT2D eigenvalue weighted by Crippen LogP contribution is 2.29. The molecule has 154 valence electrons. The van der Waals surface area contributed by atoms with E-state index in [1.807, 2.05) is 41.3 Å². The predicted octanol–water partition coefficient (Wildman–Crippen LogP) is 4.15. The SMILES string of the molecule is COc1ccccc1-c1ccc(N2CCCC(C(=O)Nc3ccccc3F)C2)nn1. The normalized spacial score (nSPS) is 16.2. The van der Waals surface area contributed by atoms with Gasteiger partial charge in [0, 0.05) is 18.7 Å². The van der Waals surface area contributed by atoms with Gasteiger partial charge in [0.15, 0.2) is 5.82 Å². The lowest BCUT2D eigenvalue weighted by atomic mass is 9.97. The first-order valence-corrected chi connectivity index (χ1v) is 9.93. The zero-order valence-electron chi connectivity index (χ0n) is 16.7. The Hall–Kier alpha value is -3.48. The fraction of sp³-hybridized carbons (Fsp3) is 0.261. The maximum absolute atomic E-state index is 13.8. The fourth-order valence-corrected chi connectivity index (χ4v) is 3.69. The van der Waals surface area contributed by atoms with Gasteiger partial charge in [-0.05, 0) is 49.2 Å². The van der Waals surface area contributed by atoms with Crippen LogP contribution in [0.5, 0.6) is 5.75 Å². The van der Waals surface area contributed by atoms with Crippen molar-refractivity contribution < 1.29 is 13.9 Å². The van der Waals surface area contributed by atoms with Gasteiger partial charge in [-0.25, -0.2) is 4.39 Å². The van der Waals surface area contributed by atoms with Crippen molar-refractivity contribution in [3.63, 3.8) is 0 Å². The van der Waals surface area contributed by atoms with Crippen LogP contribution in [-0.4, -0.2) is 36.3 Å². The molecule has 0 radical (unpaired) electrons. The Morgan fingerprint density at radius 3 is 2.67 bits per heavy atom. The van der Waals surface area contributed by atoms with E-state index in [9.17, 15) is 9.18 Å². The van der Waals surface area contributed by atoms with E-state index in [0.29, 0.717) is 6.54 Å². The summed E-state index contributed by atoms with van der Waals surface area (Å²) in [6.45, 7) is 1.31. The third-order valence-corrected chi connectivity index (χ3v) is 5.28. The van der Waals surface area contributed by atoms with Crippen molar-refractivity contribution in [2.75, 3.05) is 30.4 Å². The number of hydrogen-bond donors (Lipinski definition) is 1. The molecule has 1 fully saturated rings. The Bertz CT molecular complexity index is 1030. The van der Waals surface area contributed by atoms with Gasteiger partial charge in [-0.2, -0.15) is 0 Å². The van der Waals surface area contributed by atoms with Crippen LogP contribution in [0.3, 0.4) is 0 Å². The number of rotatable bonds is 5. The highest BCUT2D eigenvalue weighted by molar-refractivity contribution is 5.93. The van der Waals surface area contributed by atoms with Gasteiger partial charge in [-0.3, -0.25) is 4.79 Å². The van der Waals surface area contributed by atoms with Crippen molar-refractivity contribution in [1.82, 2.24) is 10.2 Å². The minimum Gasteiger partial charge on any atom is -0.496 e. The summed E-state index contributed by atoms with van der Waals surface area (Å²) < 4.78 is 19.2. The second kappa shape index (κ2) is 8.90. The molecule has 1 saturated heterocycles. The quantitative estimate of drug-likeness (QED) is 0.690. The number of carbonyl (C=O) groups excluding carboxylic acids is 1. The Morgan fingerprint density at radius 2 is 1.90 bits per heavy atom. The highest BCUT2D eigenvalue weighted by Gasteiger charge is 2.27. The van der Waals surface area contributed by atoms with Crippen LogP contribution >= 0.6 is 0 Å². The number of methoxy groups -OCH3 is 1. The molecule has 0 spiro atoms. The van der Waals surface area contributed by atoms with Crippen molar-refractivity contribution in [3.8, 4) is 17.0 Å². The molecule has 0 aliphatic carbocycles. The number of halogens is 1. The van der Waals surface area contributed by atoms with Gasteiger partial charge < -0.3 is 15.0 Å². The number of nitrogens with zero attached hydrogens (tertiary/aromatic N) is 3. The van der Waals surface area contributed by atoms with Gasteiger partial charge in [0.25, 0.3) is 0 Å². The second-order valence-electron chi connectivity index (χ2n) is 7.23. The Morgan fingerprint density at radius 1 is 1.10 bits per heavy atom. The number of benzene rings is 2. The molecule has 3 aromatic rings. The summed E-state index contributed by atoms with van der Waals surface area (Å²) in [5.74, 6) is 0.605. The number of carbonyl (C=O) groups is 1. The van der Waals surface area contributed by atoms with Crippen LogP contribution in [0.15, 0.2) is 60.7 Å². The molecule has 4 rings (SSSR count). The van der Waals surface area contributed by atoms with Crippen molar-refractivity contribution in [2.45, 2.75) is 12.8 Å². The molecule has 1 N–H and O–H groups in total. The van der Waals surface area contributed by atoms with Crippen LogP contribution in [0.1, 0.15) is 12.8 Å². The molecule has 1 aliphatic rings. The molecule has 1 amide bonds. The third kappa shape index (κ3) is 4.25. The average molecular weight is 406 g/mol. The maximum Gasteiger partial charge on any atom is 0.229 e. The summed E-state index contributed by atoms with van der Waals surface area (Å²) >= 11 is 0. The lowest BCUT2D eigenvalue weighted by Gasteiger charge is -2.32. The molecule has 1 aliphatic heterocycles. The van der Waals surface area contributed by atoms with E-state index >= 15 is 0 Å². The molecule has 1 atom stereocenters. The minimum absolute atomic E-state index is 0.177. The second-order valence-corrected chi connectivity index (χ2v) is 7.23. The summed E-state index contributed by atoms with van der Waals surface area (Å²) in [5, 5.41) is 11.4. The number of amides is 1. The topological polar surface area (TPSA) is 67.3 Å². The standard InChI is InChI=1S/C23H23FN4O2/c1-30-21-11-5-2-8-17(21)19-12-13-22(27-26-19)28-14-6-7-16(15-28)23(29)25-20-10-4-3-9-18(20)24/h2-5,8-13,16H,6-7,14-15H2,1H3,(H,25,29). The van der Waals surface area contributed by atoms with E-state index in [1.165, 1.54) is 6.07 Å². The lowest BCUT2D eigenvalue weighted by Crippen LogP contribution is -2.41. The molecule has 30 heavy (non-hydrogen) atoms. The minimum atomic E-state index is -0.434. The van der Waals surface area contributed by atoms with Crippen LogP contribution in [0, 0.1) is 11.7 Å². The largest absolute Gasteiger partial charge is 0.496 e. The maximum atomic E-state index is 13.8. The highest BCUT2D eigenvalue weighted by atomic mass is 19.1. The number of aromatic nitrogens is 2. The summed E-state index contributed by atoms with van der Waals surface area (Å²) in [6, 6.07) is 17.7. The van der Waals surface area contributed by atoms with Gasteiger partial charge in [-0.15, -0.1) is 10.2 Å². The van der Waals surface area contributed by atoms with Crippen LogP contribution in [-0.2, 0) is 4.79 Å². The molecule has 1 unspecified atom stereocenters. The van der Waals surface area contributed by atoms with Gasteiger partial charge in [0.05, 0.1) is 24.4 Å². The molecular weight excluding hydrogens is 383 g/mol. The van der Waals surface area contributed by atoms with Gasteiger partial charge in [-0.1, -0.05) is 24.3 Å². The first-order valence-electron chi connectivity index (χ1n) is 9.93. The number of hydrogen-bond acceptors (Lipinski definition) is 5. The van der Waals surface area contributed by atoms with Crippen LogP contribution < -0.4 is 15.0 Å². The number of nitrogens with one attached hydrogen (secondary N) is 1. The van der Waals surface area contributed by atoms with E-state index in [0.717, 1.165) is 42.2 Å². The zero-order valence-corrected chi connectivity index (χ0v) is 16.7. The van der Waals surface area contributed by atoms with Crippen LogP contribution in [0.2, 0.25) is 0 Å². The van der Waals surface area contributed by atoms with E-state index in [1.54, 1.807) is 25.3 Å². The van der Waals surface area contributed by atoms with E-state index in [4.69, 9.17) is 4.74 Å². The third-order valence-electron chi connectivity index (χ3n) is 5.28. The van der Waals surface area contributed by atoms with Gasteiger partial charge in [0.2, 0.25) is 5.91 Å². The molecule has 7 heteroatoms. The Kier molecular flexibility index (Phi) is 5.88. The van der Waals surface area contributed by atoms with Crippen molar-refractivity contribution in [3.05, 3.63) is 66.5 Å². The smallest absolute Gasteiger partial charge is 0.229 e. The van der Waals surface area contributed by atoms with E-state index in [2.05, 4.69) is 15.5 Å². The number of para-hydroxylation sites is 2.